The standard InChI is InChI=1S/C21H22N4O2/c1-4-25(16-9-7-8-15(2)12-16)21(26)18-13-20(23-14-22-18)24-17-10-5-6-11-19(17)27-3/h5-14H,4H2,1-3H3,(H,22,23,24). The van der Waals surface area contributed by atoms with Gasteiger partial charge in [-0.2, -0.15) is 0 Å². The lowest BCUT2D eigenvalue weighted by atomic mass is 10.2. The molecule has 2 aromatic carbocycles. The third kappa shape index (κ3) is 4.23. The van der Waals surface area contributed by atoms with Gasteiger partial charge in [0.25, 0.3) is 5.91 Å². The van der Waals surface area contributed by atoms with E-state index in [1.54, 1.807) is 18.1 Å². The summed E-state index contributed by atoms with van der Waals surface area (Å²) in [5, 5.41) is 3.18. The Kier molecular flexibility index (Phi) is 5.66. The van der Waals surface area contributed by atoms with E-state index in [1.165, 1.54) is 6.33 Å². The lowest BCUT2D eigenvalue weighted by Crippen LogP contribution is -2.31. The largest absolute Gasteiger partial charge is 0.495 e. The Morgan fingerprint density at radius 2 is 1.93 bits per heavy atom. The van der Waals surface area contributed by atoms with Crippen LogP contribution in [0.25, 0.3) is 0 Å². The minimum Gasteiger partial charge on any atom is -0.495 e. The van der Waals surface area contributed by atoms with E-state index in [1.807, 2.05) is 62.4 Å². The molecule has 1 aromatic heterocycles. The third-order valence-corrected chi connectivity index (χ3v) is 4.13. The van der Waals surface area contributed by atoms with Crippen molar-refractivity contribution in [2.45, 2.75) is 13.8 Å². The first kappa shape index (κ1) is 18.4. The van der Waals surface area contributed by atoms with Crippen LogP contribution in [0, 0.1) is 6.92 Å². The highest BCUT2D eigenvalue weighted by Gasteiger charge is 2.18. The second-order valence-electron chi connectivity index (χ2n) is 6.00. The normalized spacial score (nSPS) is 10.3. The molecule has 0 unspecified atom stereocenters. The van der Waals surface area contributed by atoms with Gasteiger partial charge in [0, 0.05) is 18.3 Å². The zero-order valence-electron chi connectivity index (χ0n) is 15.6. The molecule has 0 aliphatic rings. The summed E-state index contributed by atoms with van der Waals surface area (Å²) >= 11 is 0. The van der Waals surface area contributed by atoms with Crippen LogP contribution in [0.2, 0.25) is 0 Å². The van der Waals surface area contributed by atoms with Crippen LogP contribution >= 0.6 is 0 Å². The molecular weight excluding hydrogens is 340 g/mol. The smallest absolute Gasteiger partial charge is 0.277 e. The first-order chi connectivity index (χ1) is 13.1. The fraction of sp³-hybridized carbons (Fsp3) is 0.190. The van der Waals surface area contributed by atoms with Crippen molar-refractivity contribution in [1.29, 1.82) is 0 Å². The van der Waals surface area contributed by atoms with E-state index >= 15 is 0 Å². The number of hydrogen-bond acceptors (Lipinski definition) is 5. The molecule has 0 aliphatic carbocycles. The SMILES string of the molecule is CCN(C(=O)c1cc(Nc2ccccc2OC)ncn1)c1cccc(C)c1. The topological polar surface area (TPSA) is 67.4 Å². The van der Waals surface area contributed by atoms with E-state index in [0.717, 1.165) is 16.9 Å². The molecule has 0 saturated carbocycles. The first-order valence-electron chi connectivity index (χ1n) is 8.73. The molecule has 0 spiro atoms. The molecule has 0 saturated heterocycles. The van der Waals surface area contributed by atoms with E-state index in [4.69, 9.17) is 4.74 Å². The van der Waals surface area contributed by atoms with Gasteiger partial charge in [0.15, 0.2) is 0 Å². The average molecular weight is 362 g/mol. The molecule has 3 rings (SSSR count). The second kappa shape index (κ2) is 8.31. The van der Waals surface area contributed by atoms with Crippen LogP contribution < -0.4 is 15.0 Å². The number of ether oxygens (including phenoxy) is 1. The Morgan fingerprint density at radius 3 is 2.67 bits per heavy atom. The van der Waals surface area contributed by atoms with E-state index < -0.39 is 0 Å². The molecule has 0 fully saturated rings. The zero-order chi connectivity index (χ0) is 19.2. The highest BCUT2D eigenvalue weighted by Crippen LogP contribution is 2.26. The van der Waals surface area contributed by atoms with Crippen molar-refractivity contribution >= 4 is 23.1 Å². The summed E-state index contributed by atoms with van der Waals surface area (Å²) in [6.07, 6.45) is 1.38. The summed E-state index contributed by atoms with van der Waals surface area (Å²) in [6.45, 7) is 4.48. The van der Waals surface area contributed by atoms with Crippen molar-refractivity contribution in [2.75, 3.05) is 23.9 Å². The van der Waals surface area contributed by atoms with Crippen molar-refractivity contribution < 1.29 is 9.53 Å². The van der Waals surface area contributed by atoms with Crippen LogP contribution in [0.15, 0.2) is 60.9 Å². The molecule has 6 nitrogen and oxygen atoms in total. The monoisotopic (exact) mass is 362 g/mol. The molecule has 6 heteroatoms. The van der Waals surface area contributed by atoms with Crippen LogP contribution in [-0.4, -0.2) is 29.5 Å². The highest BCUT2D eigenvalue weighted by molar-refractivity contribution is 6.05. The summed E-state index contributed by atoms with van der Waals surface area (Å²) < 4.78 is 5.34. The van der Waals surface area contributed by atoms with Crippen molar-refractivity contribution in [3.05, 3.63) is 72.2 Å². The van der Waals surface area contributed by atoms with Gasteiger partial charge in [-0.05, 0) is 43.7 Å². The maximum atomic E-state index is 13.0. The van der Waals surface area contributed by atoms with Gasteiger partial charge in [-0.15, -0.1) is 0 Å². The Labute approximate surface area is 158 Å². The maximum Gasteiger partial charge on any atom is 0.277 e. The minimum atomic E-state index is -0.173. The van der Waals surface area contributed by atoms with Crippen molar-refractivity contribution in [2.24, 2.45) is 0 Å². The quantitative estimate of drug-likeness (QED) is 0.712. The number of aryl methyl sites for hydroxylation is 1. The molecule has 27 heavy (non-hydrogen) atoms. The van der Waals surface area contributed by atoms with E-state index in [9.17, 15) is 4.79 Å². The number of benzene rings is 2. The van der Waals surface area contributed by atoms with Crippen LogP contribution in [0.4, 0.5) is 17.2 Å². The predicted molar refractivity (Wildman–Crippen MR) is 107 cm³/mol. The Morgan fingerprint density at radius 1 is 1.11 bits per heavy atom. The van der Waals surface area contributed by atoms with Gasteiger partial charge in [0.1, 0.15) is 23.6 Å². The van der Waals surface area contributed by atoms with E-state index in [-0.39, 0.29) is 5.91 Å². The number of carbonyl (C=O) groups is 1. The fourth-order valence-corrected chi connectivity index (χ4v) is 2.81. The number of nitrogens with one attached hydrogen (secondary N) is 1. The molecule has 0 atom stereocenters. The van der Waals surface area contributed by atoms with Gasteiger partial charge < -0.3 is 15.0 Å². The fourth-order valence-electron chi connectivity index (χ4n) is 2.81. The number of anilines is 3. The number of methoxy groups -OCH3 is 1. The molecule has 1 heterocycles. The summed E-state index contributed by atoms with van der Waals surface area (Å²) in [7, 11) is 1.61. The molecule has 3 aromatic rings. The summed E-state index contributed by atoms with van der Waals surface area (Å²) in [6, 6.07) is 17.0. The molecule has 0 radical (unpaired) electrons. The minimum absolute atomic E-state index is 0.173. The van der Waals surface area contributed by atoms with E-state index in [2.05, 4.69) is 15.3 Å². The van der Waals surface area contributed by atoms with Gasteiger partial charge in [-0.25, -0.2) is 9.97 Å². The Balaban J connectivity index is 1.87. The van der Waals surface area contributed by atoms with E-state index in [0.29, 0.717) is 23.8 Å². The Hall–Kier alpha value is -3.41. The van der Waals surface area contributed by atoms with Gasteiger partial charge in [0.2, 0.25) is 0 Å². The lowest BCUT2D eigenvalue weighted by Gasteiger charge is -2.21. The number of nitrogens with zero attached hydrogens (tertiary/aromatic N) is 3. The van der Waals surface area contributed by atoms with Crippen LogP contribution in [0.3, 0.4) is 0 Å². The Bertz CT molecular complexity index is 943. The molecule has 0 aliphatic heterocycles. The van der Waals surface area contributed by atoms with Crippen molar-refractivity contribution in [1.82, 2.24) is 9.97 Å². The van der Waals surface area contributed by atoms with Gasteiger partial charge in [-0.3, -0.25) is 4.79 Å². The molecular formula is C21H22N4O2. The second-order valence-corrected chi connectivity index (χ2v) is 6.00. The van der Waals surface area contributed by atoms with Crippen molar-refractivity contribution in [3.63, 3.8) is 0 Å². The van der Waals surface area contributed by atoms with Crippen LogP contribution in [-0.2, 0) is 0 Å². The van der Waals surface area contributed by atoms with Crippen LogP contribution in [0.5, 0.6) is 5.75 Å². The van der Waals surface area contributed by atoms with Gasteiger partial charge in [0.05, 0.1) is 12.8 Å². The third-order valence-electron chi connectivity index (χ3n) is 4.13. The zero-order valence-corrected chi connectivity index (χ0v) is 15.6. The maximum absolute atomic E-state index is 13.0. The predicted octanol–water partition coefficient (Wildman–Crippen LogP) is 4.20. The summed E-state index contributed by atoms with van der Waals surface area (Å²) in [5.41, 5.74) is 3.04. The number of hydrogen-bond donors (Lipinski definition) is 1. The number of amides is 1. The lowest BCUT2D eigenvalue weighted by molar-refractivity contribution is 0.0983. The number of carbonyl (C=O) groups excluding carboxylic acids is 1. The number of para-hydroxylation sites is 2. The number of aromatic nitrogens is 2. The molecule has 1 amide bonds. The van der Waals surface area contributed by atoms with Crippen LogP contribution in [0.1, 0.15) is 23.0 Å². The summed E-state index contributed by atoms with van der Waals surface area (Å²) in [4.78, 5) is 23.1. The highest BCUT2D eigenvalue weighted by atomic mass is 16.5. The van der Waals surface area contributed by atoms with Crippen molar-refractivity contribution in [3.8, 4) is 5.75 Å². The van der Waals surface area contributed by atoms with Gasteiger partial charge in [-0.1, -0.05) is 24.3 Å². The molecule has 138 valence electrons. The molecule has 1 N–H and O–H groups in total. The molecule has 0 bridgehead atoms. The average Bonchev–Trinajstić information content (AvgIpc) is 2.69. The van der Waals surface area contributed by atoms with Gasteiger partial charge >= 0.3 is 0 Å². The first-order valence-corrected chi connectivity index (χ1v) is 8.73. The number of rotatable bonds is 6. The summed E-state index contributed by atoms with van der Waals surface area (Å²) in [5.74, 6) is 1.05.